The number of halogens is 1. The van der Waals surface area contributed by atoms with E-state index in [1.54, 1.807) is 26.2 Å². The topological polar surface area (TPSA) is 84.7 Å². The highest BCUT2D eigenvalue weighted by atomic mass is 35.5. The summed E-state index contributed by atoms with van der Waals surface area (Å²) in [5.74, 6) is 0.227. The lowest BCUT2D eigenvalue weighted by Gasteiger charge is -2.15. The first-order valence-electron chi connectivity index (χ1n) is 7.28. The number of nitrogens with one attached hydrogen (secondary N) is 1. The Morgan fingerprint density at radius 1 is 1.35 bits per heavy atom. The van der Waals surface area contributed by atoms with Crippen LogP contribution in [-0.2, 0) is 9.59 Å². The Labute approximate surface area is 143 Å². The van der Waals surface area contributed by atoms with Crippen LogP contribution in [0.15, 0.2) is 18.2 Å². The molecule has 23 heavy (non-hydrogen) atoms. The number of anilines is 1. The van der Waals surface area contributed by atoms with Gasteiger partial charge in [0.2, 0.25) is 5.91 Å². The Morgan fingerprint density at radius 2 is 2.00 bits per heavy atom. The minimum Gasteiger partial charge on any atom is -0.482 e. The third-order valence-electron chi connectivity index (χ3n) is 3.09. The third kappa shape index (κ3) is 7.85. The van der Waals surface area contributed by atoms with E-state index in [4.69, 9.17) is 10.5 Å². The van der Waals surface area contributed by atoms with Crippen LogP contribution in [0.4, 0.5) is 5.69 Å². The third-order valence-corrected chi connectivity index (χ3v) is 3.09. The highest BCUT2D eigenvalue weighted by Crippen LogP contribution is 2.26. The number of carbonyl (C=O) groups is 2. The summed E-state index contributed by atoms with van der Waals surface area (Å²) in [6.45, 7) is 3.71. The summed E-state index contributed by atoms with van der Waals surface area (Å²) in [7, 11) is 3.33. The Morgan fingerprint density at radius 3 is 2.57 bits per heavy atom. The van der Waals surface area contributed by atoms with Crippen LogP contribution in [0.3, 0.4) is 0 Å². The summed E-state index contributed by atoms with van der Waals surface area (Å²) in [6, 6.07) is 5.43. The smallest absolute Gasteiger partial charge is 0.259 e. The van der Waals surface area contributed by atoms with Gasteiger partial charge >= 0.3 is 0 Å². The molecule has 0 radical (unpaired) electrons. The highest BCUT2D eigenvalue weighted by Gasteiger charge is 2.11. The van der Waals surface area contributed by atoms with Gasteiger partial charge in [0.1, 0.15) is 5.75 Å². The normalized spacial score (nSPS) is 11.2. The van der Waals surface area contributed by atoms with Crippen LogP contribution in [-0.4, -0.2) is 43.5 Å². The fourth-order valence-electron chi connectivity index (χ4n) is 1.69. The van der Waals surface area contributed by atoms with Crippen molar-refractivity contribution < 1.29 is 14.3 Å². The van der Waals surface area contributed by atoms with Crippen molar-refractivity contribution in [3.05, 3.63) is 23.8 Å². The van der Waals surface area contributed by atoms with E-state index in [1.165, 1.54) is 4.90 Å². The molecule has 0 fully saturated rings. The lowest BCUT2D eigenvalue weighted by atomic mass is 10.1. The molecule has 0 heterocycles. The Hall–Kier alpha value is -1.79. The molecule has 0 aromatic heterocycles. The average molecular weight is 344 g/mol. The molecule has 1 atom stereocenters. The average Bonchev–Trinajstić information content (AvgIpc) is 2.44. The number of hydrogen-bond acceptors (Lipinski definition) is 4. The molecule has 0 aliphatic heterocycles. The quantitative estimate of drug-likeness (QED) is 0.792. The number of amides is 2. The minimum absolute atomic E-state index is 0. The maximum Gasteiger partial charge on any atom is 0.259 e. The molecule has 0 aliphatic rings. The summed E-state index contributed by atoms with van der Waals surface area (Å²) >= 11 is 0. The molecule has 2 amide bonds. The van der Waals surface area contributed by atoms with Crippen molar-refractivity contribution in [1.29, 1.82) is 0 Å². The second-order valence-electron chi connectivity index (χ2n) is 5.64. The van der Waals surface area contributed by atoms with E-state index in [2.05, 4.69) is 5.32 Å². The maximum absolute atomic E-state index is 11.9. The second-order valence-corrected chi connectivity index (χ2v) is 5.64. The summed E-state index contributed by atoms with van der Waals surface area (Å²) in [6.07, 6.45) is 0.967. The molecule has 1 unspecified atom stereocenters. The summed E-state index contributed by atoms with van der Waals surface area (Å²) in [4.78, 5) is 25.0. The minimum atomic E-state index is -0.143. The van der Waals surface area contributed by atoms with E-state index < -0.39 is 0 Å². The van der Waals surface area contributed by atoms with Crippen LogP contribution in [0.5, 0.6) is 5.75 Å². The fourth-order valence-corrected chi connectivity index (χ4v) is 1.69. The molecule has 1 aromatic rings. The van der Waals surface area contributed by atoms with Crippen LogP contribution in [0.1, 0.15) is 25.3 Å². The number of rotatable bonds is 7. The standard InChI is InChI=1S/C16H25N3O3.ClH/c1-11-5-7-13(18-15(20)8-6-12(2)17)14(9-11)22-10-16(21)19(3)4;/h5,7,9,12H,6,8,10,17H2,1-4H3,(H,18,20);1H. The first kappa shape index (κ1) is 21.2. The number of benzene rings is 1. The van der Waals surface area contributed by atoms with Crippen LogP contribution in [0, 0.1) is 6.92 Å². The monoisotopic (exact) mass is 343 g/mol. The fraction of sp³-hybridized carbons (Fsp3) is 0.500. The van der Waals surface area contributed by atoms with E-state index in [0.29, 0.717) is 24.3 Å². The molecule has 1 rings (SSSR count). The SMILES string of the molecule is Cc1ccc(NC(=O)CCC(C)N)c(OCC(=O)N(C)C)c1.Cl. The van der Waals surface area contributed by atoms with Crippen molar-refractivity contribution >= 4 is 29.9 Å². The molecule has 0 saturated carbocycles. The molecular weight excluding hydrogens is 318 g/mol. The van der Waals surface area contributed by atoms with Gasteiger partial charge in [-0.15, -0.1) is 12.4 Å². The van der Waals surface area contributed by atoms with Crippen molar-refractivity contribution in [2.24, 2.45) is 5.73 Å². The highest BCUT2D eigenvalue weighted by molar-refractivity contribution is 5.92. The van der Waals surface area contributed by atoms with E-state index in [0.717, 1.165) is 5.56 Å². The predicted molar refractivity (Wildman–Crippen MR) is 94.1 cm³/mol. The zero-order valence-corrected chi connectivity index (χ0v) is 14.9. The van der Waals surface area contributed by atoms with Gasteiger partial charge in [0.15, 0.2) is 6.61 Å². The summed E-state index contributed by atoms with van der Waals surface area (Å²) < 4.78 is 5.54. The van der Waals surface area contributed by atoms with Gasteiger partial charge in [-0.25, -0.2) is 0 Å². The van der Waals surface area contributed by atoms with Crippen molar-refractivity contribution in [3.63, 3.8) is 0 Å². The van der Waals surface area contributed by atoms with Crippen molar-refractivity contribution in [3.8, 4) is 5.75 Å². The van der Waals surface area contributed by atoms with E-state index in [1.807, 2.05) is 19.9 Å². The predicted octanol–water partition coefficient (Wildman–Crippen LogP) is 1.95. The molecule has 0 bridgehead atoms. The van der Waals surface area contributed by atoms with Crippen LogP contribution in [0.2, 0.25) is 0 Å². The van der Waals surface area contributed by atoms with Crippen LogP contribution >= 0.6 is 12.4 Å². The maximum atomic E-state index is 11.9. The van der Waals surface area contributed by atoms with Gasteiger partial charge in [0.05, 0.1) is 5.69 Å². The zero-order valence-electron chi connectivity index (χ0n) is 14.1. The largest absolute Gasteiger partial charge is 0.482 e. The molecule has 6 nitrogen and oxygen atoms in total. The zero-order chi connectivity index (χ0) is 16.7. The number of carbonyl (C=O) groups excluding carboxylic acids is 2. The number of nitrogens with zero attached hydrogens (tertiary/aromatic N) is 1. The Balaban J connectivity index is 0.00000484. The van der Waals surface area contributed by atoms with Gasteiger partial charge in [-0.3, -0.25) is 9.59 Å². The number of aryl methyl sites for hydroxylation is 1. The van der Waals surface area contributed by atoms with Crippen LogP contribution < -0.4 is 15.8 Å². The lowest BCUT2D eigenvalue weighted by Crippen LogP contribution is -2.27. The van der Waals surface area contributed by atoms with Crippen molar-refractivity contribution in [2.45, 2.75) is 32.7 Å². The van der Waals surface area contributed by atoms with E-state index >= 15 is 0 Å². The second kappa shape index (κ2) is 10.1. The van der Waals surface area contributed by atoms with Gasteiger partial charge in [0, 0.05) is 26.6 Å². The van der Waals surface area contributed by atoms with Crippen molar-refractivity contribution in [1.82, 2.24) is 4.90 Å². The van der Waals surface area contributed by atoms with E-state index in [9.17, 15) is 9.59 Å². The lowest BCUT2D eigenvalue weighted by molar-refractivity contribution is -0.130. The first-order chi connectivity index (χ1) is 10.3. The van der Waals surface area contributed by atoms with Gasteiger partial charge in [-0.05, 0) is 38.0 Å². The van der Waals surface area contributed by atoms with Gasteiger partial charge < -0.3 is 20.7 Å². The Bertz CT molecular complexity index is 533. The van der Waals surface area contributed by atoms with Crippen LogP contribution in [0.25, 0.3) is 0 Å². The molecule has 130 valence electrons. The van der Waals surface area contributed by atoms with Gasteiger partial charge in [-0.2, -0.15) is 0 Å². The van der Waals surface area contributed by atoms with E-state index in [-0.39, 0.29) is 36.9 Å². The molecule has 0 aliphatic carbocycles. The van der Waals surface area contributed by atoms with Crippen molar-refractivity contribution in [2.75, 3.05) is 26.0 Å². The molecule has 1 aromatic carbocycles. The number of ether oxygens (including phenoxy) is 1. The number of likely N-dealkylation sites (N-methyl/N-ethyl adjacent to an activating group) is 1. The molecular formula is C16H26ClN3O3. The molecule has 0 spiro atoms. The number of nitrogens with two attached hydrogens (primary N) is 1. The molecule has 0 saturated heterocycles. The Kier molecular flexibility index (Phi) is 9.29. The van der Waals surface area contributed by atoms with Gasteiger partial charge in [-0.1, -0.05) is 6.07 Å². The molecule has 7 heteroatoms. The molecule has 3 N–H and O–H groups in total. The summed E-state index contributed by atoms with van der Waals surface area (Å²) in [5, 5.41) is 2.80. The van der Waals surface area contributed by atoms with Gasteiger partial charge in [0.25, 0.3) is 5.91 Å². The number of hydrogen-bond donors (Lipinski definition) is 2. The summed E-state index contributed by atoms with van der Waals surface area (Å²) in [5.41, 5.74) is 7.20. The first-order valence-corrected chi connectivity index (χ1v) is 7.28.